The van der Waals surface area contributed by atoms with Gasteiger partial charge in [0.15, 0.2) is 5.16 Å². The second kappa shape index (κ2) is 10.8. The molecule has 0 bridgehead atoms. The smallest absolute Gasteiger partial charge is 0.259 e. The number of fused-ring (bicyclic) bond motifs is 1. The van der Waals surface area contributed by atoms with Crippen molar-refractivity contribution >= 4 is 35.1 Å². The van der Waals surface area contributed by atoms with E-state index < -0.39 is 11.2 Å². The first kappa shape index (κ1) is 27.0. The van der Waals surface area contributed by atoms with Gasteiger partial charge in [0.1, 0.15) is 28.7 Å². The van der Waals surface area contributed by atoms with Crippen LogP contribution in [0.5, 0.6) is 11.5 Å². The number of methoxy groups -OCH3 is 1. The summed E-state index contributed by atoms with van der Waals surface area (Å²) in [5.74, 6) is 0.999. The van der Waals surface area contributed by atoms with Crippen LogP contribution >= 0.6 is 23.4 Å². The zero-order valence-electron chi connectivity index (χ0n) is 21.8. The van der Waals surface area contributed by atoms with Gasteiger partial charge in [0.05, 0.1) is 29.8 Å². The quantitative estimate of drug-likeness (QED) is 0.277. The van der Waals surface area contributed by atoms with Gasteiger partial charge in [-0.15, -0.1) is 0 Å². The highest BCUT2D eigenvalue weighted by Gasteiger charge is 2.46. The molecule has 196 valence electrons. The predicted molar refractivity (Wildman–Crippen MR) is 145 cm³/mol. The van der Waals surface area contributed by atoms with Crippen molar-refractivity contribution in [2.45, 2.75) is 31.0 Å². The third kappa shape index (κ3) is 4.94. The van der Waals surface area contributed by atoms with Crippen molar-refractivity contribution in [1.29, 1.82) is 0 Å². The number of aromatic nitrogens is 2. The molecule has 2 heterocycles. The van der Waals surface area contributed by atoms with Gasteiger partial charge in [0, 0.05) is 44.4 Å². The normalized spacial score (nSPS) is 17.0. The molecule has 0 N–H and O–H groups in total. The lowest BCUT2D eigenvalue weighted by molar-refractivity contribution is 0.0675. The molecule has 7 nitrogen and oxygen atoms in total. The van der Waals surface area contributed by atoms with Crippen molar-refractivity contribution in [1.82, 2.24) is 14.9 Å². The Labute approximate surface area is 225 Å². The highest BCUT2D eigenvalue weighted by Crippen LogP contribution is 2.44. The summed E-state index contributed by atoms with van der Waals surface area (Å²) in [6, 6.07) is 10.5. The molecule has 2 aromatic carbocycles. The Morgan fingerprint density at radius 2 is 2.00 bits per heavy atom. The molecule has 0 unspecified atom stereocenters. The number of halogens is 2. The van der Waals surface area contributed by atoms with E-state index in [4.69, 9.17) is 26.1 Å². The molecule has 1 aliphatic rings. The van der Waals surface area contributed by atoms with E-state index in [1.807, 2.05) is 46.3 Å². The molecular formula is C27H30ClFN4O3S. The molecule has 1 aliphatic heterocycles. The van der Waals surface area contributed by atoms with Gasteiger partial charge >= 0.3 is 0 Å². The van der Waals surface area contributed by atoms with Crippen LogP contribution in [0.3, 0.4) is 0 Å². The summed E-state index contributed by atoms with van der Waals surface area (Å²) in [4.78, 5) is 26.9. The molecule has 0 saturated carbocycles. The maximum Gasteiger partial charge on any atom is 0.259 e. The van der Waals surface area contributed by atoms with E-state index in [1.54, 1.807) is 35.1 Å². The first-order chi connectivity index (χ1) is 17.6. The van der Waals surface area contributed by atoms with Crippen LogP contribution in [0, 0.1) is 5.82 Å². The van der Waals surface area contributed by atoms with Crippen LogP contribution in [0.25, 0.3) is 0 Å². The largest absolute Gasteiger partial charge is 0.496 e. The number of hydrogen-bond acceptors (Lipinski definition) is 7. The molecule has 1 aromatic heterocycles. The van der Waals surface area contributed by atoms with Gasteiger partial charge < -0.3 is 19.3 Å². The second-order valence-corrected chi connectivity index (χ2v) is 10.3. The zero-order valence-corrected chi connectivity index (χ0v) is 23.3. The number of rotatable bonds is 8. The lowest BCUT2D eigenvalue weighted by atomic mass is 9.74. The van der Waals surface area contributed by atoms with E-state index >= 15 is 4.39 Å². The Kier molecular flexibility index (Phi) is 7.85. The maximum atomic E-state index is 15.5. The molecule has 0 radical (unpaired) electrons. The topological polar surface area (TPSA) is 67.8 Å². The van der Waals surface area contributed by atoms with Crippen molar-refractivity contribution < 1.29 is 18.7 Å². The minimum Gasteiger partial charge on any atom is -0.496 e. The van der Waals surface area contributed by atoms with Crippen molar-refractivity contribution in [3.63, 3.8) is 0 Å². The van der Waals surface area contributed by atoms with Crippen LogP contribution in [-0.4, -0.2) is 61.4 Å². The molecule has 1 amide bonds. The Hall–Kier alpha value is -3.04. The monoisotopic (exact) mass is 544 g/mol. The fraction of sp³-hybridized carbons (Fsp3) is 0.370. The summed E-state index contributed by atoms with van der Waals surface area (Å²) in [5.41, 5.74) is 1.00. The molecular weight excluding hydrogens is 515 g/mol. The van der Waals surface area contributed by atoms with Gasteiger partial charge in [-0.2, -0.15) is 0 Å². The van der Waals surface area contributed by atoms with E-state index in [2.05, 4.69) is 4.98 Å². The highest BCUT2D eigenvalue weighted by molar-refractivity contribution is 7.98. The molecule has 4 rings (SSSR count). The number of anilines is 1. The van der Waals surface area contributed by atoms with Crippen LogP contribution in [0.1, 0.15) is 41.0 Å². The maximum absolute atomic E-state index is 15.5. The molecule has 1 atom stereocenters. The fourth-order valence-corrected chi connectivity index (χ4v) is 5.25. The first-order valence-electron chi connectivity index (χ1n) is 11.8. The number of nitrogens with zero attached hydrogens (tertiary/aromatic N) is 4. The Balaban J connectivity index is 1.91. The lowest BCUT2D eigenvalue weighted by Crippen LogP contribution is -2.50. The van der Waals surface area contributed by atoms with Crippen LogP contribution in [0.4, 0.5) is 10.2 Å². The number of thioether (sulfide) groups is 1. The van der Waals surface area contributed by atoms with E-state index in [1.165, 1.54) is 17.8 Å². The average Bonchev–Trinajstić information content (AvgIpc) is 2.88. The molecule has 37 heavy (non-hydrogen) atoms. The van der Waals surface area contributed by atoms with Crippen molar-refractivity contribution in [3.05, 3.63) is 69.6 Å². The Morgan fingerprint density at radius 1 is 1.24 bits per heavy atom. The number of amides is 1. The number of benzene rings is 2. The van der Waals surface area contributed by atoms with Crippen LogP contribution in [0.15, 0.2) is 41.6 Å². The van der Waals surface area contributed by atoms with Crippen LogP contribution in [0.2, 0.25) is 5.02 Å². The summed E-state index contributed by atoms with van der Waals surface area (Å²) in [5, 5.41) is 0.523. The SMILES string of the molecule is CCOc1ccc(CN2C[C@](C)(c3cccc(Cl)c3F)c3nc(SC)nc(N(C)C)c3C2=O)c(OC)c1. The first-order valence-corrected chi connectivity index (χ1v) is 13.4. The average molecular weight is 545 g/mol. The van der Waals surface area contributed by atoms with Crippen molar-refractivity contribution in [3.8, 4) is 11.5 Å². The van der Waals surface area contributed by atoms with Gasteiger partial charge in [0.25, 0.3) is 5.91 Å². The van der Waals surface area contributed by atoms with Gasteiger partial charge in [-0.05, 0) is 38.3 Å². The minimum atomic E-state index is -0.991. The second-order valence-electron chi connectivity index (χ2n) is 9.15. The third-order valence-corrected chi connectivity index (χ3v) is 7.32. The minimum absolute atomic E-state index is 0.0175. The van der Waals surface area contributed by atoms with E-state index in [0.29, 0.717) is 45.9 Å². The molecule has 0 aliphatic carbocycles. The highest BCUT2D eigenvalue weighted by atomic mass is 35.5. The van der Waals surface area contributed by atoms with E-state index in [9.17, 15) is 4.79 Å². The summed E-state index contributed by atoms with van der Waals surface area (Å²) in [6.45, 7) is 4.75. The van der Waals surface area contributed by atoms with Crippen molar-refractivity contribution in [2.24, 2.45) is 0 Å². The molecule has 0 spiro atoms. The Bertz CT molecular complexity index is 1340. The van der Waals surface area contributed by atoms with Gasteiger partial charge in [-0.1, -0.05) is 35.5 Å². The van der Waals surface area contributed by atoms with Crippen LogP contribution in [-0.2, 0) is 12.0 Å². The van der Waals surface area contributed by atoms with Gasteiger partial charge in [-0.3, -0.25) is 4.79 Å². The molecule has 0 fully saturated rings. The Morgan fingerprint density at radius 3 is 2.65 bits per heavy atom. The summed E-state index contributed by atoms with van der Waals surface area (Å²) >= 11 is 7.58. The summed E-state index contributed by atoms with van der Waals surface area (Å²) < 4.78 is 26.7. The standard InChI is InChI=1S/C27H30ClFN4O3S/c1-7-36-17-12-11-16(20(13-17)35-5)14-33-15-27(2,18-9-8-10-19(28)22(18)29)23-21(25(33)34)24(32(3)4)31-26(30-23)37-6/h8-13H,7,14-15H2,1-6H3/t27-/m1/s1. The fourth-order valence-electron chi connectivity index (χ4n) is 4.71. The summed E-state index contributed by atoms with van der Waals surface area (Å²) in [6.07, 6.45) is 1.87. The summed E-state index contributed by atoms with van der Waals surface area (Å²) in [7, 11) is 5.23. The number of hydrogen-bond donors (Lipinski definition) is 0. The van der Waals surface area contributed by atoms with E-state index in [0.717, 1.165) is 5.56 Å². The zero-order chi connectivity index (χ0) is 26.9. The van der Waals surface area contributed by atoms with E-state index in [-0.39, 0.29) is 24.0 Å². The van der Waals surface area contributed by atoms with Crippen molar-refractivity contribution in [2.75, 3.05) is 45.5 Å². The molecule has 3 aromatic rings. The molecule has 0 saturated heterocycles. The number of ether oxygens (including phenoxy) is 2. The number of carbonyl (C=O) groups excluding carboxylic acids is 1. The third-order valence-electron chi connectivity index (χ3n) is 6.48. The molecule has 10 heteroatoms. The van der Waals surface area contributed by atoms with Gasteiger partial charge in [0.2, 0.25) is 0 Å². The number of carbonyl (C=O) groups is 1. The predicted octanol–water partition coefficient (Wildman–Crippen LogP) is 5.43. The lowest BCUT2D eigenvalue weighted by Gasteiger charge is -2.42. The van der Waals surface area contributed by atoms with Gasteiger partial charge in [-0.25, -0.2) is 14.4 Å². The van der Waals surface area contributed by atoms with Crippen LogP contribution < -0.4 is 14.4 Å².